The van der Waals surface area contributed by atoms with Crippen molar-refractivity contribution < 1.29 is 29.7 Å². The minimum atomic E-state index is -1.20. The monoisotopic (exact) mass is 378 g/mol. The molecule has 0 aliphatic carbocycles. The molecule has 8 nitrogen and oxygen atoms in total. The zero-order chi connectivity index (χ0) is 19.2. The first-order chi connectivity index (χ1) is 12.3. The number of hydrogen-bond acceptors (Lipinski definition) is 6. The van der Waals surface area contributed by atoms with Crippen LogP contribution in [0.2, 0.25) is 0 Å². The van der Waals surface area contributed by atoms with Gasteiger partial charge in [0.1, 0.15) is 10.7 Å². The normalized spacial score (nSPS) is 25.7. The number of carbonyl (C=O) groups is 3. The molecule has 1 amide bonds. The number of hydrogen-bond donors (Lipinski definition) is 3. The van der Waals surface area contributed by atoms with Crippen molar-refractivity contribution in [1.82, 2.24) is 9.88 Å². The van der Waals surface area contributed by atoms with E-state index in [1.807, 2.05) is 6.92 Å². The number of aliphatic hydroxyl groups is 1. The Morgan fingerprint density at radius 2 is 2.04 bits per heavy atom. The van der Waals surface area contributed by atoms with Gasteiger partial charge in [-0.15, -0.1) is 11.8 Å². The number of aromatic nitrogens is 1. The van der Waals surface area contributed by atoms with Crippen molar-refractivity contribution in [3.05, 3.63) is 35.2 Å². The fourth-order valence-electron chi connectivity index (χ4n) is 3.65. The van der Waals surface area contributed by atoms with E-state index in [4.69, 9.17) is 0 Å². The van der Waals surface area contributed by atoms with Crippen molar-refractivity contribution in [3.8, 4) is 0 Å². The summed E-state index contributed by atoms with van der Waals surface area (Å²) in [6, 6.07) is 2.57. The van der Waals surface area contributed by atoms with E-state index in [1.165, 1.54) is 30.2 Å². The second kappa shape index (κ2) is 6.73. The van der Waals surface area contributed by atoms with Crippen LogP contribution in [0.3, 0.4) is 0 Å². The van der Waals surface area contributed by atoms with Gasteiger partial charge in [0.05, 0.1) is 23.6 Å². The Morgan fingerprint density at radius 1 is 1.35 bits per heavy atom. The zero-order valence-corrected chi connectivity index (χ0v) is 14.9. The molecule has 3 rings (SSSR count). The summed E-state index contributed by atoms with van der Waals surface area (Å²) in [6.45, 7) is 3.34. The second-order valence-corrected chi connectivity index (χ2v) is 7.35. The topological polar surface area (TPSA) is 128 Å². The highest BCUT2D eigenvalue weighted by Gasteiger charge is 2.59. The quantitative estimate of drug-likeness (QED) is 0.495. The van der Waals surface area contributed by atoms with Crippen LogP contribution in [-0.2, 0) is 9.59 Å². The van der Waals surface area contributed by atoms with Crippen molar-refractivity contribution in [3.63, 3.8) is 0 Å². The molecule has 1 fully saturated rings. The minimum Gasteiger partial charge on any atom is -0.478 e. The third-order valence-electron chi connectivity index (χ3n) is 4.88. The average molecular weight is 378 g/mol. The van der Waals surface area contributed by atoms with Gasteiger partial charge in [0.25, 0.3) is 0 Å². The van der Waals surface area contributed by atoms with E-state index in [9.17, 15) is 29.7 Å². The molecule has 3 heterocycles. The van der Waals surface area contributed by atoms with Crippen molar-refractivity contribution in [2.75, 3.05) is 5.75 Å². The van der Waals surface area contributed by atoms with Crippen LogP contribution >= 0.6 is 11.8 Å². The molecule has 138 valence electrons. The molecule has 26 heavy (non-hydrogen) atoms. The minimum absolute atomic E-state index is 0.0434. The summed E-state index contributed by atoms with van der Waals surface area (Å²) in [6.07, 6.45) is 0.613. The van der Waals surface area contributed by atoms with Gasteiger partial charge >= 0.3 is 11.9 Å². The lowest BCUT2D eigenvalue weighted by atomic mass is 9.78. The summed E-state index contributed by atoms with van der Waals surface area (Å²) in [5.74, 6) is -3.37. The Bertz CT molecular complexity index is 821. The first-order valence-corrected chi connectivity index (χ1v) is 9.02. The van der Waals surface area contributed by atoms with Crippen molar-refractivity contribution in [2.24, 2.45) is 11.8 Å². The highest BCUT2D eigenvalue weighted by atomic mass is 32.2. The highest BCUT2D eigenvalue weighted by molar-refractivity contribution is 7.99. The van der Waals surface area contributed by atoms with Crippen LogP contribution in [0.25, 0.3) is 0 Å². The smallest absolute Gasteiger partial charge is 0.352 e. The van der Waals surface area contributed by atoms with Crippen LogP contribution in [-0.4, -0.2) is 60.9 Å². The number of carbonyl (C=O) groups excluding carboxylic acids is 1. The number of thioether (sulfide) groups is 1. The van der Waals surface area contributed by atoms with Gasteiger partial charge in [0.15, 0.2) is 0 Å². The number of amides is 1. The summed E-state index contributed by atoms with van der Waals surface area (Å²) >= 11 is 1.13. The van der Waals surface area contributed by atoms with Crippen LogP contribution in [0, 0.1) is 11.8 Å². The molecule has 0 bridgehead atoms. The highest BCUT2D eigenvalue weighted by Crippen LogP contribution is 2.48. The maximum atomic E-state index is 12.3. The first kappa shape index (κ1) is 18.4. The van der Waals surface area contributed by atoms with E-state index in [2.05, 4.69) is 4.98 Å². The van der Waals surface area contributed by atoms with E-state index in [1.54, 1.807) is 0 Å². The number of nitrogens with zero attached hydrogens (tertiary/aromatic N) is 2. The number of fused-ring (bicyclic) bond motifs is 1. The van der Waals surface area contributed by atoms with Crippen LogP contribution < -0.4 is 0 Å². The van der Waals surface area contributed by atoms with Crippen LogP contribution in [0.1, 0.15) is 24.2 Å². The van der Waals surface area contributed by atoms with Gasteiger partial charge in [-0.25, -0.2) is 14.6 Å². The summed E-state index contributed by atoms with van der Waals surface area (Å²) in [4.78, 5) is 40.6. The van der Waals surface area contributed by atoms with E-state index >= 15 is 0 Å². The third kappa shape index (κ3) is 2.77. The molecule has 0 spiro atoms. The summed E-state index contributed by atoms with van der Waals surface area (Å²) in [5.41, 5.74) is 0.525. The largest absolute Gasteiger partial charge is 0.478 e. The van der Waals surface area contributed by atoms with Gasteiger partial charge in [-0.1, -0.05) is 6.92 Å². The molecule has 0 unspecified atom stereocenters. The van der Waals surface area contributed by atoms with Gasteiger partial charge in [0.2, 0.25) is 5.91 Å². The lowest BCUT2D eigenvalue weighted by molar-refractivity contribution is -0.163. The fourth-order valence-corrected chi connectivity index (χ4v) is 4.79. The number of aromatic carboxylic acids is 1. The molecule has 1 saturated heterocycles. The Hall–Kier alpha value is -2.39. The van der Waals surface area contributed by atoms with Crippen LogP contribution in [0.4, 0.5) is 0 Å². The molecule has 2 aliphatic rings. The number of pyridine rings is 1. The Kier molecular flexibility index (Phi) is 4.76. The van der Waals surface area contributed by atoms with Gasteiger partial charge in [0, 0.05) is 17.9 Å². The molecule has 1 aromatic rings. The zero-order valence-electron chi connectivity index (χ0n) is 14.1. The van der Waals surface area contributed by atoms with Crippen LogP contribution in [0.5, 0.6) is 0 Å². The Balaban J connectivity index is 1.89. The van der Waals surface area contributed by atoms with E-state index in [0.717, 1.165) is 11.8 Å². The van der Waals surface area contributed by atoms with E-state index in [0.29, 0.717) is 5.57 Å². The lowest BCUT2D eigenvalue weighted by Crippen LogP contribution is -2.63. The average Bonchev–Trinajstić information content (AvgIpc) is 2.81. The maximum Gasteiger partial charge on any atom is 0.352 e. The second-order valence-electron chi connectivity index (χ2n) is 6.38. The Morgan fingerprint density at radius 3 is 2.62 bits per heavy atom. The molecule has 3 N–H and O–H groups in total. The van der Waals surface area contributed by atoms with Crippen molar-refractivity contribution >= 4 is 29.6 Å². The molecule has 0 aromatic carbocycles. The van der Waals surface area contributed by atoms with E-state index < -0.39 is 29.9 Å². The molecular weight excluding hydrogens is 360 g/mol. The standard InChI is InChI=1S/C17H18N2O6S/c1-7-10(6-26-14-9(16(22)23)4-3-5-18-14)13(17(24)25)19-12(7)11(8(2)20)15(19)21/h3-5,7-8,11-12,20H,6H2,1-2H3,(H,22,23)(H,24,25)/t7-,8+,11+,12+/m0/s1. The van der Waals surface area contributed by atoms with E-state index in [-0.39, 0.29) is 34.0 Å². The molecule has 1 aromatic heterocycles. The summed E-state index contributed by atoms with van der Waals surface area (Å²) < 4.78 is 0. The molecule has 9 heteroatoms. The van der Waals surface area contributed by atoms with Gasteiger partial charge < -0.3 is 20.2 Å². The number of rotatable bonds is 6. The number of aliphatic carboxylic acids is 1. The predicted octanol–water partition coefficient (Wildman–Crippen LogP) is 1.07. The molecule has 0 saturated carbocycles. The fraction of sp³-hybridized carbons (Fsp3) is 0.412. The summed E-state index contributed by atoms with van der Waals surface area (Å²) in [5, 5.41) is 28.9. The Labute approximate surface area is 153 Å². The number of aliphatic hydroxyl groups excluding tert-OH is 1. The number of carboxylic acid groups (broad SMARTS) is 2. The lowest BCUT2D eigenvalue weighted by Gasteiger charge is -2.46. The number of carboxylic acids is 2. The maximum absolute atomic E-state index is 12.3. The van der Waals surface area contributed by atoms with Crippen LogP contribution in [0.15, 0.2) is 34.6 Å². The van der Waals surface area contributed by atoms with Gasteiger partial charge in [-0.2, -0.15) is 0 Å². The van der Waals surface area contributed by atoms with Crippen molar-refractivity contribution in [1.29, 1.82) is 0 Å². The van der Waals surface area contributed by atoms with Gasteiger partial charge in [-0.05, 0) is 24.6 Å². The summed E-state index contributed by atoms with van der Waals surface area (Å²) in [7, 11) is 0. The third-order valence-corrected chi connectivity index (χ3v) is 5.94. The molecular formula is C17H18N2O6S. The SMILES string of the molecule is C[C@@H](O)[C@H]1C(=O)N2C(C(=O)O)=C(CSc3ncccc3C(=O)O)[C@H](C)[C@H]12. The molecule has 2 aliphatic heterocycles. The van der Waals surface area contributed by atoms with Crippen molar-refractivity contribution in [2.45, 2.75) is 31.0 Å². The predicted molar refractivity (Wildman–Crippen MR) is 91.6 cm³/mol. The first-order valence-electron chi connectivity index (χ1n) is 8.04. The number of β-lactam (4-membered cyclic amide) rings is 1. The molecule has 4 atom stereocenters. The molecule has 0 radical (unpaired) electrons. The van der Waals surface area contributed by atoms with Gasteiger partial charge in [-0.3, -0.25) is 4.79 Å².